The molecule has 142 valence electrons. The third kappa shape index (κ3) is 5.82. The maximum absolute atomic E-state index is 11.0. The topological polar surface area (TPSA) is 69.6 Å². The summed E-state index contributed by atoms with van der Waals surface area (Å²) in [4.78, 5) is 11.0. The molecule has 2 atom stereocenters. The van der Waals surface area contributed by atoms with Crippen molar-refractivity contribution in [1.82, 2.24) is 5.32 Å². The van der Waals surface area contributed by atoms with Crippen molar-refractivity contribution < 1.29 is 15.0 Å². The van der Waals surface area contributed by atoms with Gasteiger partial charge in [0.1, 0.15) is 6.10 Å². The van der Waals surface area contributed by atoms with Gasteiger partial charge in [-0.25, -0.2) is 0 Å². The molecule has 0 aliphatic carbocycles. The molecule has 0 spiro atoms. The van der Waals surface area contributed by atoms with Crippen molar-refractivity contribution in [2.24, 2.45) is 0 Å². The average molecular weight is 350 g/mol. The van der Waals surface area contributed by atoms with Crippen LogP contribution in [-0.4, -0.2) is 28.8 Å². The third-order valence-electron chi connectivity index (χ3n) is 4.65. The lowest BCUT2D eigenvalue weighted by Crippen LogP contribution is -2.28. The second-order valence-electron chi connectivity index (χ2n) is 7.86. The van der Waals surface area contributed by atoms with Crippen LogP contribution in [0.5, 0.6) is 0 Å². The molecule has 0 aliphatic rings. The van der Waals surface area contributed by atoms with E-state index in [0.29, 0.717) is 18.9 Å². The number of benzene rings is 1. The molecule has 0 saturated heterocycles. The molecule has 0 saturated carbocycles. The molecular formula is C21H35NO3. The van der Waals surface area contributed by atoms with E-state index in [1.54, 1.807) is 0 Å². The first-order chi connectivity index (χ1) is 11.6. The van der Waals surface area contributed by atoms with Crippen LogP contribution in [0, 0.1) is 0 Å². The van der Waals surface area contributed by atoms with Crippen molar-refractivity contribution in [3.05, 3.63) is 34.4 Å². The Balaban J connectivity index is 3.28. The van der Waals surface area contributed by atoms with Gasteiger partial charge in [-0.2, -0.15) is 0 Å². The Morgan fingerprint density at radius 3 is 1.80 bits per heavy atom. The molecule has 4 nitrogen and oxygen atoms in total. The SMILES string of the molecule is CC(=O)NCCC(O)C(O)c1c(C(C)C)cc(C(C)C)cc1C(C)C. The minimum atomic E-state index is -0.954. The second kappa shape index (κ2) is 9.35. The molecule has 1 rings (SSSR count). The van der Waals surface area contributed by atoms with Gasteiger partial charge in [-0.3, -0.25) is 4.79 Å². The molecule has 2 unspecified atom stereocenters. The summed E-state index contributed by atoms with van der Waals surface area (Å²) in [5.74, 6) is 0.784. The van der Waals surface area contributed by atoms with Crippen LogP contribution in [0.4, 0.5) is 0 Å². The summed E-state index contributed by atoms with van der Waals surface area (Å²) in [6, 6.07) is 4.33. The van der Waals surface area contributed by atoms with Gasteiger partial charge in [0, 0.05) is 13.5 Å². The Morgan fingerprint density at radius 2 is 1.44 bits per heavy atom. The summed E-state index contributed by atoms with van der Waals surface area (Å²) in [7, 11) is 0. The largest absolute Gasteiger partial charge is 0.390 e. The summed E-state index contributed by atoms with van der Waals surface area (Å²) in [6.07, 6.45) is -1.54. The fourth-order valence-corrected chi connectivity index (χ4v) is 3.10. The minimum absolute atomic E-state index is 0.131. The van der Waals surface area contributed by atoms with E-state index in [9.17, 15) is 15.0 Å². The van der Waals surface area contributed by atoms with E-state index in [1.807, 2.05) is 0 Å². The van der Waals surface area contributed by atoms with Gasteiger partial charge in [0.05, 0.1) is 6.10 Å². The highest BCUT2D eigenvalue weighted by Gasteiger charge is 2.27. The molecular weight excluding hydrogens is 314 g/mol. The summed E-state index contributed by atoms with van der Waals surface area (Å²) in [5, 5.41) is 24.0. The van der Waals surface area contributed by atoms with E-state index in [2.05, 4.69) is 59.0 Å². The minimum Gasteiger partial charge on any atom is -0.390 e. The van der Waals surface area contributed by atoms with Crippen molar-refractivity contribution in [3.63, 3.8) is 0 Å². The molecule has 25 heavy (non-hydrogen) atoms. The number of nitrogens with one attached hydrogen (secondary N) is 1. The van der Waals surface area contributed by atoms with Gasteiger partial charge < -0.3 is 15.5 Å². The lowest BCUT2D eigenvalue weighted by atomic mass is 9.81. The van der Waals surface area contributed by atoms with Crippen LogP contribution in [0.2, 0.25) is 0 Å². The van der Waals surface area contributed by atoms with E-state index in [4.69, 9.17) is 0 Å². The molecule has 0 bridgehead atoms. The zero-order chi connectivity index (χ0) is 19.3. The number of carbonyl (C=O) groups is 1. The maximum atomic E-state index is 11.0. The van der Waals surface area contributed by atoms with Crippen molar-refractivity contribution in [1.29, 1.82) is 0 Å². The lowest BCUT2D eigenvalue weighted by Gasteiger charge is -2.28. The van der Waals surface area contributed by atoms with E-state index in [1.165, 1.54) is 12.5 Å². The number of rotatable bonds is 8. The number of hydrogen-bond acceptors (Lipinski definition) is 3. The average Bonchev–Trinajstić information content (AvgIpc) is 2.51. The van der Waals surface area contributed by atoms with Gasteiger partial charge >= 0.3 is 0 Å². The van der Waals surface area contributed by atoms with Crippen LogP contribution >= 0.6 is 0 Å². The molecule has 0 fully saturated rings. The predicted octanol–water partition coefficient (Wildman–Crippen LogP) is 3.98. The number of amides is 1. The molecule has 4 heteroatoms. The van der Waals surface area contributed by atoms with Crippen molar-refractivity contribution in [3.8, 4) is 0 Å². The van der Waals surface area contributed by atoms with Gasteiger partial charge in [0.15, 0.2) is 0 Å². The van der Waals surface area contributed by atoms with Crippen molar-refractivity contribution in [2.45, 2.75) is 84.8 Å². The number of carbonyl (C=O) groups excluding carboxylic acids is 1. The Kier molecular flexibility index (Phi) is 8.10. The van der Waals surface area contributed by atoms with E-state index in [0.717, 1.165) is 16.7 Å². The summed E-state index contributed by atoms with van der Waals surface area (Å²) < 4.78 is 0. The molecule has 1 aromatic carbocycles. The summed E-state index contributed by atoms with van der Waals surface area (Å²) in [5.41, 5.74) is 4.31. The van der Waals surface area contributed by atoms with Crippen LogP contribution in [0.3, 0.4) is 0 Å². The third-order valence-corrected chi connectivity index (χ3v) is 4.65. The molecule has 0 aromatic heterocycles. The normalized spacial score (nSPS) is 14.2. The maximum Gasteiger partial charge on any atom is 0.216 e. The van der Waals surface area contributed by atoms with Gasteiger partial charge in [-0.1, -0.05) is 53.7 Å². The predicted molar refractivity (Wildman–Crippen MR) is 103 cm³/mol. The zero-order valence-electron chi connectivity index (χ0n) is 16.8. The molecule has 1 amide bonds. The van der Waals surface area contributed by atoms with E-state index >= 15 is 0 Å². The van der Waals surface area contributed by atoms with Crippen LogP contribution in [-0.2, 0) is 4.79 Å². The fraction of sp³-hybridized carbons (Fsp3) is 0.667. The highest BCUT2D eigenvalue weighted by atomic mass is 16.3. The first-order valence-corrected chi connectivity index (χ1v) is 9.34. The van der Waals surface area contributed by atoms with Crippen LogP contribution in [0.15, 0.2) is 12.1 Å². The Labute approximate surface area is 152 Å². The van der Waals surface area contributed by atoms with Crippen LogP contribution < -0.4 is 5.32 Å². The number of aliphatic hydroxyl groups is 2. The fourth-order valence-electron chi connectivity index (χ4n) is 3.10. The van der Waals surface area contributed by atoms with Crippen molar-refractivity contribution in [2.75, 3.05) is 6.54 Å². The highest BCUT2D eigenvalue weighted by molar-refractivity contribution is 5.72. The highest BCUT2D eigenvalue weighted by Crippen LogP contribution is 2.37. The lowest BCUT2D eigenvalue weighted by molar-refractivity contribution is -0.119. The second-order valence-corrected chi connectivity index (χ2v) is 7.86. The van der Waals surface area contributed by atoms with Gasteiger partial charge in [0.2, 0.25) is 5.91 Å². The van der Waals surface area contributed by atoms with E-state index < -0.39 is 12.2 Å². The monoisotopic (exact) mass is 349 g/mol. The quantitative estimate of drug-likeness (QED) is 0.665. The summed E-state index contributed by atoms with van der Waals surface area (Å²) >= 11 is 0. The Morgan fingerprint density at radius 1 is 0.960 bits per heavy atom. The van der Waals surface area contributed by atoms with Gasteiger partial charge in [-0.05, 0) is 46.4 Å². The number of aliphatic hydroxyl groups excluding tert-OH is 2. The van der Waals surface area contributed by atoms with Crippen LogP contribution in [0.25, 0.3) is 0 Å². The standard InChI is InChI=1S/C21H35NO3/c1-12(2)16-10-17(13(3)4)20(18(11-16)14(5)6)21(25)19(24)8-9-22-15(7)23/h10-14,19,21,24-25H,8-9H2,1-7H3,(H,22,23). The first-order valence-electron chi connectivity index (χ1n) is 9.34. The molecule has 3 N–H and O–H groups in total. The zero-order valence-corrected chi connectivity index (χ0v) is 16.8. The van der Waals surface area contributed by atoms with Crippen LogP contribution in [0.1, 0.15) is 101 Å². The van der Waals surface area contributed by atoms with Gasteiger partial charge in [-0.15, -0.1) is 0 Å². The molecule has 0 aliphatic heterocycles. The number of hydrogen-bond donors (Lipinski definition) is 3. The molecule has 1 aromatic rings. The van der Waals surface area contributed by atoms with Gasteiger partial charge in [0.25, 0.3) is 0 Å². The Bertz CT molecular complexity index is 549. The first kappa shape index (κ1) is 21.7. The van der Waals surface area contributed by atoms with E-state index in [-0.39, 0.29) is 17.7 Å². The smallest absolute Gasteiger partial charge is 0.216 e. The molecule has 0 heterocycles. The van der Waals surface area contributed by atoms with Crippen molar-refractivity contribution >= 4 is 5.91 Å². The summed E-state index contributed by atoms with van der Waals surface area (Å²) in [6.45, 7) is 14.6. The molecule has 0 radical (unpaired) electrons. The Hall–Kier alpha value is -1.39.